The molecule has 0 spiro atoms. The van der Waals surface area contributed by atoms with Crippen molar-refractivity contribution in [3.8, 4) is 0 Å². The quantitative estimate of drug-likeness (QED) is 0.700. The van der Waals surface area contributed by atoms with Crippen LogP contribution in [0.15, 0.2) is 71.9 Å². The second-order valence-electron chi connectivity index (χ2n) is 5.48. The predicted octanol–water partition coefficient (Wildman–Crippen LogP) is 3.41. The van der Waals surface area contributed by atoms with Crippen molar-refractivity contribution in [3.63, 3.8) is 0 Å². The highest BCUT2D eigenvalue weighted by molar-refractivity contribution is 7.92. The topological polar surface area (TPSA) is 88.2 Å². The van der Waals surface area contributed by atoms with E-state index in [1.807, 2.05) is 0 Å². The number of hydrogen-bond acceptors (Lipinski definition) is 4. The molecule has 0 saturated heterocycles. The summed E-state index contributed by atoms with van der Waals surface area (Å²) in [6.45, 7) is 0. The molecule has 1 aromatic heterocycles. The van der Waals surface area contributed by atoms with Gasteiger partial charge in [-0.15, -0.1) is 0 Å². The maximum atomic E-state index is 13.3. The van der Waals surface area contributed by atoms with Gasteiger partial charge in [-0.1, -0.05) is 6.07 Å². The van der Waals surface area contributed by atoms with Crippen LogP contribution in [0.4, 0.5) is 20.2 Å². The van der Waals surface area contributed by atoms with Crippen molar-refractivity contribution >= 4 is 27.3 Å². The molecule has 0 saturated carbocycles. The fraction of sp³-hybridized carbons (Fsp3) is 0. The molecule has 6 nitrogen and oxygen atoms in total. The number of nitrogens with one attached hydrogen (secondary N) is 2. The van der Waals surface area contributed by atoms with Crippen molar-refractivity contribution in [2.75, 3.05) is 10.0 Å². The Labute approximate surface area is 153 Å². The number of sulfonamides is 1. The summed E-state index contributed by atoms with van der Waals surface area (Å²) in [6.07, 6.45) is 3.02. The molecular weight excluding hydrogens is 376 g/mol. The van der Waals surface area contributed by atoms with E-state index >= 15 is 0 Å². The Morgan fingerprint density at radius 1 is 0.889 bits per heavy atom. The summed E-state index contributed by atoms with van der Waals surface area (Å²) in [5.41, 5.74) is 0.788. The summed E-state index contributed by atoms with van der Waals surface area (Å²) in [6, 6.07) is 10.9. The van der Waals surface area contributed by atoms with Gasteiger partial charge in [0.25, 0.3) is 15.9 Å². The van der Waals surface area contributed by atoms with E-state index in [2.05, 4.69) is 15.0 Å². The largest absolute Gasteiger partial charge is 0.322 e. The lowest BCUT2D eigenvalue weighted by Gasteiger charge is -2.10. The van der Waals surface area contributed by atoms with Gasteiger partial charge in [0.1, 0.15) is 11.6 Å². The molecule has 3 rings (SSSR count). The van der Waals surface area contributed by atoms with Gasteiger partial charge in [-0.3, -0.25) is 14.5 Å². The first-order valence-electron chi connectivity index (χ1n) is 7.64. The standard InChI is InChI=1S/C18H13F2N3O3S/c19-13-9-14(20)11-17(10-13)27(25,26)23-16-3-1-2-12(8-16)18(24)22-15-4-6-21-7-5-15/h1-11,23H,(H,21,22,24). The number of nitrogens with zero attached hydrogens (tertiary/aromatic N) is 1. The third-order valence-electron chi connectivity index (χ3n) is 3.46. The van der Waals surface area contributed by atoms with E-state index in [1.165, 1.54) is 36.7 Å². The number of halogens is 2. The van der Waals surface area contributed by atoms with Crippen LogP contribution in [0.5, 0.6) is 0 Å². The molecule has 0 atom stereocenters. The van der Waals surface area contributed by atoms with Crippen LogP contribution in [0.3, 0.4) is 0 Å². The Balaban J connectivity index is 1.82. The number of aromatic nitrogens is 1. The number of rotatable bonds is 5. The number of carbonyl (C=O) groups is 1. The summed E-state index contributed by atoms with van der Waals surface area (Å²) in [4.78, 5) is 15.6. The summed E-state index contributed by atoms with van der Waals surface area (Å²) in [5.74, 6) is -2.49. The normalized spacial score (nSPS) is 11.0. The molecule has 0 radical (unpaired) electrons. The lowest BCUT2D eigenvalue weighted by molar-refractivity contribution is 0.102. The number of pyridine rings is 1. The van der Waals surface area contributed by atoms with Crippen molar-refractivity contribution < 1.29 is 22.0 Å². The second kappa shape index (κ2) is 7.50. The molecule has 2 N–H and O–H groups in total. The van der Waals surface area contributed by atoms with Crippen LogP contribution in [0.25, 0.3) is 0 Å². The lowest BCUT2D eigenvalue weighted by Crippen LogP contribution is -2.15. The maximum absolute atomic E-state index is 13.3. The van der Waals surface area contributed by atoms with E-state index in [-0.39, 0.29) is 11.3 Å². The predicted molar refractivity (Wildman–Crippen MR) is 95.8 cm³/mol. The smallest absolute Gasteiger partial charge is 0.262 e. The minimum absolute atomic E-state index is 0.0713. The molecule has 0 aliphatic heterocycles. The Bertz CT molecular complexity index is 1070. The molecule has 0 aliphatic carbocycles. The first kappa shape index (κ1) is 18.5. The van der Waals surface area contributed by atoms with E-state index in [1.54, 1.807) is 12.1 Å². The minimum Gasteiger partial charge on any atom is -0.322 e. The number of amides is 1. The third-order valence-corrected chi connectivity index (χ3v) is 4.82. The zero-order chi connectivity index (χ0) is 19.4. The molecule has 0 fully saturated rings. The van der Waals surface area contributed by atoms with Crippen molar-refractivity contribution in [3.05, 3.63) is 84.2 Å². The Morgan fingerprint density at radius 3 is 2.22 bits per heavy atom. The molecule has 138 valence electrons. The molecule has 1 amide bonds. The van der Waals surface area contributed by atoms with Crippen LogP contribution >= 0.6 is 0 Å². The third kappa shape index (κ3) is 4.64. The van der Waals surface area contributed by atoms with Gasteiger partial charge in [-0.2, -0.15) is 0 Å². The summed E-state index contributed by atoms with van der Waals surface area (Å²) >= 11 is 0. The molecule has 3 aromatic rings. The van der Waals surface area contributed by atoms with Crippen LogP contribution in [0.1, 0.15) is 10.4 Å². The van der Waals surface area contributed by atoms with Gasteiger partial charge < -0.3 is 5.32 Å². The number of anilines is 2. The molecule has 1 heterocycles. The Kier molecular flexibility index (Phi) is 5.13. The number of carbonyl (C=O) groups excluding carboxylic acids is 1. The molecule has 0 bridgehead atoms. The first-order valence-corrected chi connectivity index (χ1v) is 9.12. The van der Waals surface area contributed by atoms with Crippen LogP contribution in [0, 0.1) is 11.6 Å². The number of hydrogen-bond donors (Lipinski definition) is 2. The summed E-state index contributed by atoms with van der Waals surface area (Å²) in [7, 11) is -4.23. The average molecular weight is 389 g/mol. The fourth-order valence-corrected chi connectivity index (χ4v) is 3.35. The van der Waals surface area contributed by atoms with Gasteiger partial charge in [0.2, 0.25) is 0 Å². The summed E-state index contributed by atoms with van der Waals surface area (Å²) in [5, 5.41) is 2.64. The van der Waals surface area contributed by atoms with Gasteiger partial charge in [-0.05, 0) is 42.5 Å². The van der Waals surface area contributed by atoms with Crippen molar-refractivity contribution in [2.45, 2.75) is 4.90 Å². The summed E-state index contributed by atoms with van der Waals surface area (Å²) < 4.78 is 53.4. The molecule has 27 heavy (non-hydrogen) atoms. The first-order chi connectivity index (χ1) is 12.8. The molecule has 0 unspecified atom stereocenters. The van der Waals surface area contributed by atoms with E-state index in [0.29, 0.717) is 23.9 Å². The van der Waals surface area contributed by atoms with Crippen molar-refractivity contribution in [2.24, 2.45) is 0 Å². The SMILES string of the molecule is O=C(Nc1ccncc1)c1cccc(NS(=O)(=O)c2cc(F)cc(F)c2)c1. The van der Waals surface area contributed by atoms with Crippen molar-refractivity contribution in [1.82, 2.24) is 4.98 Å². The highest BCUT2D eigenvalue weighted by Crippen LogP contribution is 2.20. The van der Waals surface area contributed by atoms with Crippen LogP contribution < -0.4 is 10.0 Å². The van der Waals surface area contributed by atoms with Gasteiger partial charge in [0.15, 0.2) is 0 Å². The molecular formula is C18H13F2N3O3S. The van der Waals surface area contributed by atoms with Gasteiger partial charge in [-0.25, -0.2) is 17.2 Å². The molecule has 2 aromatic carbocycles. The van der Waals surface area contributed by atoms with E-state index in [0.717, 1.165) is 0 Å². The average Bonchev–Trinajstić information content (AvgIpc) is 2.61. The van der Waals surface area contributed by atoms with Crippen molar-refractivity contribution in [1.29, 1.82) is 0 Å². The second-order valence-corrected chi connectivity index (χ2v) is 7.16. The minimum atomic E-state index is -4.23. The molecule has 0 aliphatic rings. The van der Waals surface area contributed by atoms with Gasteiger partial charge in [0.05, 0.1) is 4.90 Å². The van der Waals surface area contributed by atoms with Gasteiger partial charge in [0, 0.05) is 35.4 Å². The van der Waals surface area contributed by atoms with Crippen LogP contribution in [0.2, 0.25) is 0 Å². The Hall–Kier alpha value is -3.33. The van der Waals surface area contributed by atoms with E-state index in [4.69, 9.17) is 0 Å². The van der Waals surface area contributed by atoms with E-state index < -0.39 is 32.5 Å². The molecule has 9 heteroatoms. The van der Waals surface area contributed by atoms with Crippen LogP contribution in [-0.4, -0.2) is 19.3 Å². The zero-order valence-corrected chi connectivity index (χ0v) is 14.5. The van der Waals surface area contributed by atoms with E-state index in [9.17, 15) is 22.0 Å². The number of benzene rings is 2. The maximum Gasteiger partial charge on any atom is 0.262 e. The fourth-order valence-electron chi connectivity index (χ4n) is 2.26. The van der Waals surface area contributed by atoms with Gasteiger partial charge >= 0.3 is 0 Å². The monoisotopic (exact) mass is 389 g/mol. The van der Waals surface area contributed by atoms with Crippen LogP contribution in [-0.2, 0) is 10.0 Å². The Morgan fingerprint density at radius 2 is 1.56 bits per heavy atom. The lowest BCUT2D eigenvalue weighted by atomic mass is 10.2. The zero-order valence-electron chi connectivity index (χ0n) is 13.7. The highest BCUT2D eigenvalue weighted by atomic mass is 32.2. The highest BCUT2D eigenvalue weighted by Gasteiger charge is 2.17.